The summed E-state index contributed by atoms with van der Waals surface area (Å²) in [4.78, 5) is 22.9. The van der Waals surface area contributed by atoms with Gasteiger partial charge in [0.15, 0.2) is 0 Å². The zero-order valence-electron chi connectivity index (χ0n) is 10.8. The van der Waals surface area contributed by atoms with Crippen LogP contribution in [0.4, 0.5) is 5.95 Å². The van der Waals surface area contributed by atoms with Crippen LogP contribution in [-0.2, 0) is 13.1 Å². The molecule has 0 amide bonds. The molecule has 106 valence electrons. The molecule has 0 aromatic carbocycles. The van der Waals surface area contributed by atoms with E-state index < -0.39 is 0 Å². The van der Waals surface area contributed by atoms with Crippen LogP contribution in [0.1, 0.15) is 5.82 Å². The van der Waals surface area contributed by atoms with Gasteiger partial charge in [-0.15, -0.1) is 0 Å². The number of hydrogen-bond acceptors (Lipinski definition) is 7. The molecule has 0 fully saturated rings. The maximum absolute atomic E-state index is 5.99. The van der Waals surface area contributed by atoms with Gasteiger partial charge in [0.25, 0.3) is 5.95 Å². The quantitative estimate of drug-likeness (QED) is 0.673. The normalized spacial score (nSPS) is 14.2. The first-order valence-corrected chi connectivity index (χ1v) is 6.69. The number of nitrogens with zero attached hydrogens (tertiary/aromatic N) is 9. The van der Waals surface area contributed by atoms with E-state index in [2.05, 4.69) is 34.6 Å². The topological polar surface area (TPSA) is 90.4 Å². The Morgan fingerprint density at radius 2 is 2.00 bits per heavy atom. The van der Waals surface area contributed by atoms with Gasteiger partial charge in [-0.05, 0) is 11.6 Å². The zero-order valence-corrected chi connectivity index (χ0v) is 11.6. The van der Waals surface area contributed by atoms with Gasteiger partial charge >= 0.3 is 0 Å². The Morgan fingerprint density at radius 3 is 2.86 bits per heavy atom. The van der Waals surface area contributed by atoms with Crippen LogP contribution in [0.3, 0.4) is 0 Å². The molecular formula is C11H10ClN9. The van der Waals surface area contributed by atoms with E-state index in [-0.39, 0.29) is 5.28 Å². The van der Waals surface area contributed by atoms with Crippen LogP contribution in [-0.4, -0.2) is 45.8 Å². The predicted molar refractivity (Wildman–Crippen MR) is 73.0 cm³/mol. The molecule has 0 atom stereocenters. The maximum atomic E-state index is 5.99. The second-order valence-electron chi connectivity index (χ2n) is 4.50. The lowest BCUT2D eigenvalue weighted by molar-refractivity contribution is 0.549. The van der Waals surface area contributed by atoms with Gasteiger partial charge in [-0.25, -0.2) is 9.97 Å². The number of imidazole rings is 1. The molecule has 1 aliphatic rings. The van der Waals surface area contributed by atoms with Crippen molar-refractivity contribution in [2.45, 2.75) is 13.1 Å². The highest BCUT2D eigenvalue weighted by molar-refractivity contribution is 6.28. The van der Waals surface area contributed by atoms with Crippen molar-refractivity contribution in [3.05, 3.63) is 36.2 Å². The number of halogens is 1. The molecule has 0 saturated heterocycles. The van der Waals surface area contributed by atoms with Gasteiger partial charge in [0.1, 0.15) is 18.5 Å². The molecule has 3 aromatic rings. The molecule has 0 bridgehead atoms. The largest absolute Gasteiger partial charge is 0.332 e. The van der Waals surface area contributed by atoms with Crippen molar-refractivity contribution in [3.63, 3.8) is 0 Å². The van der Waals surface area contributed by atoms with Crippen molar-refractivity contribution in [1.29, 1.82) is 0 Å². The van der Waals surface area contributed by atoms with E-state index in [1.807, 2.05) is 11.1 Å². The minimum Gasteiger partial charge on any atom is -0.332 e. The summed E-state index contributed by atoms with van der Waals surface area (Å²) in [6, 6.07) is 0. The minimum atomic E-state index is 0.124. The smallest absolute Gasteiger partial charge is 0.258 e. The summed E-state index contributed by atoms with van der Waals surface area (Å²) >= 11 is 5.99. The number of hydrogen-bond donors (Lipinski definition) is 0. The molecule has 21 heavy (non-hydrogen) atoms. The van der Waals surface area contributed by atoms with Crippen molar-refractivity contribution in [1.82, 2.24) is 39.3 Å². The molecule has 4 heterocycles. The second kappa shape index (κ2) is 4.77. The Labute approximate surface area is 124 Å². The Balaban J connectivity index is 1.70. The summed E-state index contributed by atoms with van der Waals surface area (Å²) in [5, 5.41) is 4.13. The van der Waals surface area contributed by atoms with Crippen molar-refractivity contribution in [2.75, 3.05) is 11.4 Å². The summed E-state index contributed by atoms with van der Waals surface area (Å²) in [6.45, 7) is 2.24. The molecule has 0 spiro atoms. The summed E-state index contributed by atoms with van der Waals surface area (Å²) in [5.41, 5.74) is 0. The SMILES string of the molecule is Clc1nc(N2CCn3ccnc3C2)nc(-n2cncn2)n1. The van der Waals surface area contributed by atoms with Crippen LogP contribution < -0.4 is 4.90 Å². The number of fused-ring (bicyclic) bond motifs is 1. The fraction of sp³-hybridized carbons (Fsp3) is 0.273. The van der Waals surface area contributed by atoms with Gasteiger partial charge in [0.2, 0.25) is 11.2 Å². The summed E-state index contributed by atoms with van der Waals surface area (Å²) < 4.78 is 3.56. The summed E-state index contributed by atoms with van der Waals surface area (Å²) in [6.07, 6.45) is 6.68. The van der Waals surface area contributed by atoms with E-state index in [1.54, 1.807) is 6.20 Å². The van der Waals surface area contributed by atoms with Crippen molar-refractivity contribution in [2.24, 2.45) is 0 Å². The van der Waals surface area contributed by atoms with Crippen LogP contribution >= 0.6 is 11.6 Å². The molecule has 3 aromatic heterocycles. The van der Waals surface area contributed by atoms with Crippen LogP contribution in [0.25, 0.3) is 5.95 Å². The molecule has 1 aliphatic heterocycles. The lowest BCUT2D eigenvalue weighted by atomic mass is 10.4. The lowest BCUT2D eigenvalue weighted by Gasteiger charge is -2.27. The Bertz CT molecular complexity index is 766. The van der Waals surface area contributed by atoms with Crippen molar-refractivity contribution < 1.29 is 0 Å². The van der Waals surface area contributed by atoms with Gasteiger partial charge in [-0.3, -0.25) is 0 Å². The van der Waals surface area contributed by atoms with Crippen LogP contribution in [0.15, 0.2) is 25.0 Å². The Morgan fingerprint density at radius 1 is 1.10 bits per heavy atom. The monoisotopic (exact) mass is 303 g/mol. The standard InChI is InChI=1S/C11H10ClN9/c12-9-16-10(18-11(17-9)21-7-13-6-15-21)20-4-3-19-2-1-14-8(19)5-20/h1-2,6-7H,3-5H2. The maximum Gasteiger partial charge on any atom is 0.258 e. The summed E-state index contributed by atoms with van der Waals surface area (Å²) in [5.74, 6) is 1.83. The van der Waals surface area contributed by atoms with Crippen LogP contribution in [0.5, 0.6) is 0 Å². The fourth-order valence-electron chi connectivity index (χ4n) is 2.23. The molecule has 9 nitrogen and oxygen atoms in total. The van der Waals surface area contributed by atoms with Crippen molar-refractivity contribution >= 4 is 17.5 Å². The van der Waals surface area contributed by atoms with Gasteiger partial charge in [-0.2, -0.15) is 24.7 Å². The molecular weight excluding hydrogens is 294 g/mol. The molecule has 0 saturated carbocycles. The fourth-order valence-corrected chi connectivity index (χ4v) is 2.38. The molecule has 0 N–H and O–H groups in total. The average molecular weight is 304 g/mol. The van der Waals surface area contributed by atoms with E-state index in [9.17, 15) is 0 Å². The lowest BCUT2D eigenvalue weighted by Crippen LogP contribution is -2.35. The highest BCUT2D eigenvalue weighted by Gasteiger charge is 2.20. The van der Waals surface area contributed by atoms with Crippen LogP contribution in [0, 0.1) is 0 Å². The third kappa shape index (κ3) is 2.21. The molecule has 0 radical (unpaired) electrons. The molecule has 4 rings (SSSR count). The van der Waals surface area contributed by atoms with Gasteiger partial charge < -0.3 is 9.47 Å². The average Bonchev–Trinajstić information content (AvgIpc) is 3.17. The highest BCUT2D eigenvalue weighted by Crippen LogP contribution is 2.18. The Hall–Kier alpha value is -2.55. The van der Waals surface area contributed by atoms with E-state index in [0.29, 0.717) is 18.4 Å². The van der Waals surface area contributed by atoms with Crippen LogP contribution in [0.2, 0.25) is 5.28 Å². The van der Waals surface area contributed by atoms with E-state index in [1.165, 1.54) is 17.3 Å². The van der Waals surface area contributed by atoms with Gasteiger partial charge in [0, 0.05) is 25.5 Å². The zero-order chi connectivity index (χ0) is 14.2. The number of aromatic nitrogens is 8. The first kappa shape index (κ1) is 12.2. The van der Waals surface area contributed by atoms with Gasteiger partial charge in [0.05, 0.1) is 6.54 Å². The number of anilines is 1. The Kier molecular flexibility index (Phi) is 2.78. The minimum absolute atomic E-state index is 0.124. The van der Waals surface area contributed by atoms with Gasteiger partial charge in [-0.1, -0.05) is 0 Å². The highest BCUT2D eigenvalue weighted by atomic mass is 35.5. The second-order valence-corrected chi connectivity index (χ2v) is 4.84. The number of rotatable bonds is 2. The molecule has 0 aliphatic carbocycles. The third-order valence-electron chi connectivity index (χ3n) is 3.24. The molecule has 0 unspecified atom stereocenters. The first-order valence-electron chi connectivity index (χ1n) is 6.31. The first-order chi connectivity index (χ1) is 10.3. The summed E-state index contributed by atoms with van der Waals surface area (Å²) in [7, 11) is 0. The van der Waals surface area contributed by atoms with Crippen molar-refractivity contribution in [3.8, 4) is 5.95 Å². The van der Waals surface area contributed by atoms with E-state index >= 15 is 0 Å². The molecule has 10 heteroatoms. The predicted octanol–water partition coefficient (Wildman–Crippen LogP) is 0.322. The van der Waals surface area contributed by atoms with E-state index in [0.717, 1.165) is 18.9 Å². The third-order valence-corrected chi connectivity index (χ3v) is 3.40. The van der Waals surface area contributed by atoms with E-state index in [4.69, 9.17) is 11.6 Å².